The number of halogens is 2. The average Bonchev–Trinajstić information content (AvgIpc) is 3.43. The van der Waals surface area contributed by atoms with Crippen molar-refractivity contribution >= 4 is 35.3 Å². The first-order valence-electron chi connectivity index (χ1n) is 13.4. The van der Waals surface area contributed by atoms with Gasteiger partial charge in [0.1, 0.15) is 35.1 Å². The zero-order chi connectivity index (χ0) is 31.6. The van der Waals surface area contributed by atoms with E-state index in [1.165, 1.54) is 42.1 Å². The van der Waals surface area contributed by atoms with Crippen molar-refractivity contribution in [3.63, 3.8) is 0 Å². The second-order valence-electron chi connectivity index (χ2n) is 9.60. The number of carbonyl (C=O) groups is 5. The highest BCUT2D eigenvalue weighted by Gasteiger charge is 2.44. The van der Waals surface area contributed by atoms with Crippen LogP contribution in [0.2, 0.25) is 0 Å². The van der Waals surface area contributed by atoms with Crippen LogP contribution >= 0.6 is 0 Å². The number of anilines is 1. The highest BCUT2D eigenvalue weighted by molar-refractivity contribution is 5.98. The Labute approximate surface area is 249 Å². The number of nitrogens with two attached hydrogens (primary N) is 1. The van der Waals surface area contributed by atoms with E-state index in [1.54, 1.807) is 0 Å². The lowest BCUT2D eigenvalue weighted by atomic mass is 10.1. The zero-order valence-electron chi connectivity index (χ0n) is 23.1. The summed E-state index contributed by atoms with van der Waals surface area (Å²) in [6.45, 7) is 0.138. The number of aromatic nitrogens is 4. The highest BCUT2D eigenvalue weighted by atomic mass is 19.1. The first kappa shape index (κ1) is 31.3. The van der Waals surface area contributed by atoms with Crippen molar-refractivity contribution in [2.75, 3.05) is 18.4 Å². The van der Waals surface area contributed by atoms with Gasteiger partial charge in [-0.25, -0.2) is 23.5 Å². The van der Waals surface area contributed by atoms with E-state index < -0.39 is 59.4 Å². The van der Waals surface area contributed by atoms with Crippen LogP contribution in [0.25, 0.3) is 0 Å². The second-order valence-corrected chi connectivity index (χ2v) is 9.60. The van der Waals surface area contributed by atoms with Crippen LogP contribution in [0.1, 0.15) is 40.2 Å². The van der Waals surface area contributed by atoms with Crippen molar-refractivity contribution in [1.82, 2.24) is 40.8 Å². The Morgan fingerprint density at radius 2 is 1.70 bits per heavy atom. The molecule has 0 radical (unpaired) electrons. The minimum absolute atomic E-state index is 0.0129. The van der Waals surface area contributed by atoms with Gasteiger partial charge >= 0.3 is 6.03 Å². The van der Waals surface area contributed by atoms with Gasteiger partial charge < -0.3 is 31.9 Å². The van der Waals surface area contributed by atoms with Crippen LogP contribution in [0.4, 0.5) is 19.3 Å². The third kappa shape index (κ3) is 8.02. The summed E-state index contributed by atoms with van der Waals surface area (Å²) in [7, 11) is 0. The van der Waals surface area contributed by atoms with E-state index in [9.17, 15) is 32.8 Å². The van der Waals surface area contributed by atoms with Gasteiger partial charge in [-0.05, 0) is 31.4 Å². The summed E-state index contributed by atoms with van der Waals surface area (Å²) in [5.74, 6) is -4.65. The lowest BCUT2D eigenvalue weighted by Crippen LogP contribution is -2.58. The Kier molecular flexibility index (Phi) is 10.3. The Bertz CT molecular complexity index is 1520. The number of benzene rings is 1. The Balaban J connectivity index is 1.44. The molecule has 4 rings (SSSR count). The average molecular weight is 611 g/mol. The SMILES string of the molecule is NC(=O)[C@H](CCCNC(=O)c1cnccn1)NC(=O)[C@@H]1[C@@H](NC(=O)Nc2ccc(F)cc2F)CCN1C(=O)c1cnccn1. The molecule has 0 unspecified atom stereocenters. The molecule has 17 heteroatoms. The first-order chi connectivity index (χ1) is 21.1. The molecule has 1 aliphatic heterocycles. The number of carbonyl (C=O) groups excluding carboxylic acids is 5. The fourth-order valence-electron chi connectivity index (χ4n) is 4.53. The van der Waals surface area contributed by atoms with Crippen LogP contribution in [0.15, 0.2) is 55.4 Å². The molecule has 3 heterocycles. The maximum Gasteiger partial charge on any atom is 0.319 e. The molecular formula is C27H28F2N10O5. The van der Waals surface area contributed by atoms with E-state index in [2.05, 4.69) is 41.2 Å². The molecule has 3 aromatic rings. The topological polar surface area (TPSA) is 214 Å². The molecule has 230 valence electrons. The number of likely N-dealkylation sites (tertiary alicyclic amines) is 1. The van der Waals surface area contributed by atoms with Gasteiger partial charge in [0.25, 0.3) is 11.8 Å². The summed E-state index contributed by atoms with van der Waals surface area (Å²) >= 11 is 0. The maximum atomic E-state index is 14.1. The van der Waals surface area contributed by atoms with Gasteiger partial charge in [-0.2, -0.15) is 0 Å². The number of rotatable bonds is 11. The predicted octanol–water partition coefficient (Wildman–Crippen LogP) is 0.130. The number of amides is 6. The van der Waals surface area contributed by atoms with Gasteiger partial charge in [0.15, 0.2) is 0 Å². The number of nitrogens with one attached hydrogen (secondary N) is 4. The molecule has 6 amide bonds. The molecule has 1 aliphatic rings. The van der Waals surface area contributed by atoms with Crippen LogP contribution in [0, 0.1) is 11.6 Å². The fourth-order valence-corrected chi connectivity index (χ4v) is 4.53. The molecule has 2 aromatic heterocycles. The van der Waals surface area contributed by atoms with Gasteiger partial charge in [-0.1, -0.05) is 0 Å². The molecule has 3 atom stereocenters. The second kappa shape index (κ2) is 14.5. The molecule has 0 aliphatic carbocycles. The number of hydrogen-bond donors (Lipinski definition) is 5. The summed E-state index contributed by atoms with van der Waals surface area (Å²) < 4.78 is 27.3. The Morgan fingerprint density at radius 1 is 1.00 bits per heavy atom. The van der Waals surface area contributed by atoms with E-state index >= 15 is 0 Å². The van der Waals surface area contributed by atoms with Crippen LogP contribution in [0.3, 0.4) is 0 Å². The van der Waals surface area contributed by atoms with Crippen molar-refractivity contribution in [3.8, 4) is 0 Å². The van der Waals surface area contributed by atoms with Gasteiger partial charge in [0.05, 0.1) is 24.1 Å². The van der Waals surface area contributed by atoms with E-state index in [4.69, 9.17) is 5.73 Å². The van der Waals surface area contributed by atoms with Gasteiger partial charge in [-0.15, -0.1) is 0 Å². The van der Waals surface area contributed by atoms with E-state index in [0.29, 0.717) is 6.07 Å². The molecule has 1 aromatic carbocycles. The van der Waals surface area contributed by atoms with Crippen molar-refractivity contribution in [3.05, 3.63) is 78.4 Å². The Morgan fingerprint density at radius 3 is 2.34 bits per heavy atom. The normalized spacial score (nSPS) is 16.5. The zero-order valence-corrected chi connectivity index (χ0v) is 23.1. The molecule has 44 heavy (non-hydrogen) atoms. The summed E-state index contributed by atoms with van der Waals surface area (Å²) in [6, 6.07) is -1.85. The van der Waals surface area contributed by atoms with Gasteiger partial charge in [-0.3, -0.25) is 29.1 Å². The van der Waals surface area contributed by atoms with Crippen LogP contribution in [-0.2, 0) is 9.59 Å². The lowest BCUT2D eigenvalue weighted by Gasteiger charge is -2.29. The maximum absolute atomic E-state index is 14.1. The number of hydrogen-bond acceptors (Lipinski definition) is 9. The third-order valence-electron chi connectivity index (χ3n) is 6.62. The van der Waals surface area contributed by atoms with Crippen LogP contribution in [0.5, 0.6) is 0 Å². The molecule has 1 saturated heterocycles. The number of nitrogens with zero attached hydrogens (tertiary/aromatic N) is 5. The third-order valence-corrected chi connectivity index (χ3v) is 6.62. The molecule has 15 nitrogen and oxygen atoms in total. The van der Waals surface area contributed by atoms with Crippen LogP contribution < -0.4 is 27.0 Å². The van der Waals surface area contributed by atoms with E-state index in [1.807, 2.05) is 0 Å². The summed E-state index contributed by atoms with van der Waals surface area (Å²) in [5.41, 5.74) is 5.26. The predicted molar refractivity (Wildman–Crippen MR) is 148 cm³/mol. The molecule has 0 saturated carbocycles. The summed E-state index contributed by atoms with van der Waals surface area (Å²) in [6.07, 6.45) is 8.32. The molecule has 0 bridgehead atoms. The minimum Gasteiger partial charge on any atom is -0.368 e. The monoisotopic (exact) mass is 610 g/mol. The number of urea groups is 1. The standard InChI is InChI=1S/C27H28F2N10O5/c28-15-3-4-17(16(29)12-15)37-27(44)38-18-5-11-39(26(43)21-14-32-8-10-34-21)22(18)25(42)36-19(23(30)40)2-1-6-35-24(41)20-13-31-7-9-33-20/h3-4,7-10,12-14,18-19,22H,1-2,5-6,11H2,(H2,30,40)(H,35,41)(H,36,42)(H2,37,38,44)/t18-,19-,22-/m0/s1. The summed E-state index contributed by atoms with van der Waals surface area (Å²) in [5, 5.41) is 9.95. The fraction of sp³-hybridized carbons (Fsp3) is 0.296. The largest absolute Gasteiger partial charge is 0.368 e. The first-order valence-corrected chi connectivity index (χ1v) is 13.4. The number of primary amides is 1. The summed E-state index contributed by atoms with van der Waals surface area (Å²) in [4.78, 5) is 80.7. The molecule has 0 spiro atoms. The molecule has 6 N–H and O–H groups in total. The lowest BCUT2D eigenvalue weighted by molar-refractivity contribution is -0.130. The highest BCUT2D eigenvalue weighted by Crippen LogP contribution is 2.22. The van der Waals surface area contributed by atoms with Gasteiger partial charge in [0, 0.05) is 43.9 Å². The molecular weight excluding hydrogens is 582 g/mol. The van der Waals surface area contributed by atoms with Crippen molar-refractivity contribution in [2.24, 2.45) is 5.73 Å². The minimum atomic E-state index is -1.33. The smallest absolute Gasteiger partial charge is 0.319 e. The van der Waals surface area contributed by atoms with Gasteiger partial charge in [0.2, 0.25) is 11.8 Å². The van der Waals surface area contributed by atoms with E-state index in [0.717, 1.165) is 12.1 Å². The van der Waals surface area contributed by atoms with Crippen molar-refractivity contribution in [2.45, 2.75) is 37.4 Å². The van der Waals surface area contributed by atoms with E-state index in [-0.39, 0.29) is 49.4 Å². The molecule has 1 fully saturated rings. The Hall–Kier alpha value is -5.61. The van der Waals surface area contributed by atoms with Crippen molar-refractivity contribution < 1.29 is 32.8 Å². The van der Waals surface area contributed by atoms with Crippen LogP contribution in [-0.4, -0.2) is 85.7 Å². The van der Waals surface area contributed by atoms with Crippen molar-refractivity contribution in [1.29, 1.82) is 0 Å². The quantitative estimate of drug-likeness (QED) is 0.186.